The van der Waals surface area contributed by atoms with Crippen molar-refractivity contribution in [3.05, 3.63) is 29.0 Å². The molecule has 0 aromatic carbocycles. The average Bonchev–Trinajstić information content (AvgIpc) is 2.17. The number of nitrogens with zero attached hydrogens (tertiary/aromatic N) is 1. The van der Waals surface area contributed by atoms with Gasteiger partial charge in [0.05, 0.1) is 5.02 Å². The molecule has 0 amide bonds. The van der Waals surface area contributed by atoms with Crippen LogP contribution in [0, 0.1) is 5.92 Å². The molecule has 1 fully saturated rings. The molecule has 0 atom stereocenters. The van der Waals surface area contributed by atoms with E-state index in [1.807, 2.05) is 6.07 Å². The van der Waals surface area contributed by atoms with Crippen molar-refractivity contribution in [2.24, 2.45) is 5.92 Å². The smallest absolute Gasteiger partial charge is 0.0634 e. The number of hydrogen-bond acceptors (Lipinski definition) is 2. The van der Waals surface area contributed by atoms with Gasteiger partial charge >= 0.3 is 0 Å². The third-order valence-electron chi connectivity index (χ3n) is 3.13. The topological polar surface area (TPSA) is 24.9 Å². The summed E-state index contributed by atoms with van der Waals surface area (Å²) in [7, 11) is 0. The van der Waals surface area contributed by atoms with E-state index in [1.54, 1.807) is 12.4 Å². The molecule has 1 heterocycles. The van der Waals surface area contributed by atoms with E-state index in [0.29, 0.717) is 0 Å². The first-order valence-electron chi connectivity index (χ1n) is 5.65. The molecule has 0 saturated heterocycles. The van der Waals surface area contributed by atoms with Crippen molar-refractivity contribution >= 4 is 11.6 Å². The van der Waals surface area contributed by atoms with Gasteiger partial charge in [-0.15, -0.1) is 0 Å². The number of aromatic nitrogens is 1. The van der Waals surface area contributed by atoms with Gasteiger partial charge < -0.3 is 5.32 Å². The van der Waals surface area contributed by atoms with Gasteiger partial charge in [0, 0.05) is 18.9 Å². The molecule has 1 aromatic rings. The zero-order valence-electron chi connectivity index (χ0n) is 8.88. The van der Waals surface area contributed by atoms with Crippen molar-refractivity contribution < 1.29 is 0 Å². The van der Waals surface area contributed by atoms with Crippen LogP contribution >= 0.6 is 11.6 Å². The standard InChI is InChI=1S/C12H17ClN2/c13-12-9-15-7-5-11(12)8-14-6-4-10-2-1-3-10/h5,7,9-10,14H,1-4,6,8H2. The molecule has 1 aliphatic carbocycles. The second-order valence-corrected chi connectivity index (χ2v) is 4.64. The van der Waals surface area contributed by atoms with Gasteiger partial charge in [-0.05, 0) is 30.5 Å². The largest absolute Gasteiger partial charge is 0.313 e. The summed E-state index contributed by atoms with van der Waals surface area (Å²) in [5.41, 5.74) is 1.14. The lowest BCUT2D eigenvalue weighted by Crippen LogP contribution is -2.21. The lowest BCUT2D eigenvalue weighted by molar-refractivity contribution is 0.292. The Morgan fingerprint density at radius 1 is 1.47 bits per heavy atom. The van der Waals surface area contributed by atoms with Gasteiger partial charge in [0.1, 0.15) is 0 Å². The third kappa shape index (κ3) is 3.18. The van der Waals surface area contributed by atoms with Crippen LogP contribution < -0.4 is 5.32 Å². The molecule has 3 heteroatoms. The first-order chi connectivity index (χ1) is 7.36. The van der Waals surface area contributed by atoms with E-state index in [9.17, 15) is 0 Å². The van der Waals surface area contributed by atoms with Gasteiger partial charge in [-0.3, -0.25) is 4.98 Å². The highest BCUT2D eigenvalue weighted by Gasteiger charge is 2.16. The summed E-state index contributed by atoms with van der Waals surface area (Å²) in [5, 5.41) is 4.19. The molecular weight excluding hydrogens is 208 g/mol. The molecule has 0 bridgehead atoms. The number of hydrogen-bond donors (Lipinski definition) is 1. The summed E-state index contributed by atoms with van der Waals surface area (Å²) in [5.74, 6) is 0.977. The molecule has 0 radical (unpaired) electrons. The third-order valence-corrected chi connectivity index (χ3v) is 3.47. The van der Waals surface area contributed by atoms with Crippen molar-refractivity contribution in [3.63, 3.8) is 0 Å². The highest BCUT2D eigenvalue weighted by Crippen LogP contribution is 2.28. The number of nitrogens with one attached hydrogen (secondary N) is 1. The molecule has 15 heavy (non-hydrogen) atoms. The van der Waals surface area contributed by atoms with E-state index in [0.717, 1.165) is 29.6 Å². The van der Waals surface area contributed by atoms with Gasteiger partial charge in [-0.2, -0.15) is 0 Å². The quantitative estimate of drug-likeness (QED) is 0.778. The molecule has 82 valence electrons. The Hall–Kier alpha value is -0.600. The SMILES string of the molecule is Clc1cnccc1CNCCC1CCC1. The van der Waals surface area contributed by atoms with Crippen LogP contribution in [0.4, 0.5) is 0 Å². The number of pyridine rings is 1. The van der Waals surface area contributed by atoms with Crippen LogP contribution in [0.5, 0.6) is 0 Å². The lowest BCUT2D eigenvalue weighted by Gasteiger charge is -2.25. The minimum atomic E-state index is 0.758. The maximum atomic E-state index is 6.00. The Kier molecular flexibility index (Phi) is 3.98. The summed E-state index contributed by atoms with van der Waals surface area (Å²) in [4.78, 5) is 3.96. The number of rotatable bonds is 5. The average molecular weight is 225 g/mol. The van der Waals surface area contributed by atoms with E-state index >= 15 is 0 Å². The van der Waals surface area contributed by atoms with Crippen molar-refractivity contribution in [2.45, 2.75) is 32.2 Å². The maximum Gasteiger partial charge on any atom is 0.0634 e. The second-order valence-electron chi connectivity index (χ2n) is 4.23. The fourth-order valence-corrected chi connectivity index (χ4v) is 2.04. The molecular formula is C12H17ClN2. The highest BCUT2D eigenvalue weighted by molar-refractivity contribution is 6.31. The summed E-state index contributed by atoms with van der Waals surface area (Å²) in [6, 6.07) is 1.97. The Morgan fingerprint density at radius 2 is 2.33 bits per heavy atom. The van der Waals surface area contributed by atoms with Crippen LogP contribution in [-0.2, 0) is 6.54 Å². The van der Waals surface area contributed by atoms with E-state index in [-0.39, 0.29) is 0 Å². The van der Waals surface area contributed by atoms with Crippen LogP contribution in [-0.4, -0.2) is 11.5 Å². The van der Waals surface area contributed by atoms with E-state index in [4.69, 9.17) is 11.6 Å². The molecule has 1 saturated carbocycles. The van der Waals surface area contributed by atoms with Crippen LogP contribution in [0.25, 0.3) is 0 Å². The van der Waals surface area contributed by atoms with Crippen molar-refractivity contribution in [3.8, 4) is 0 Å². The van der Waals surface area contributed by atoms with Crippen molar-refractivity contribution in [1.29, 1.82) is 0 Å². The Bertz CT molecular complexity index is 310. The second kappa shape index (κ2) is 5.47. The summed E-state index contributed by atoms with van der Waals surface area (Å²) in [6.07, 6.45) is 9.08. The number of halogens is 1. The minimum absolute atomic E-state index is 0.758. The van der Waals surface area contributed by atoms with Gasteiger partial charge in [-0.1, -0.05) is 30.9 Å². The van der Waals surface area contributed by atoms with Crippen LogP contribution in [0.3, 0.4) is 0 Å². The van der Waals surface area contributed by atoms with Gasteiger partial charge in [-0.25, -0.2) is 0 Å². The molecule has 2 nitrogen and oxygen atoms in total. The summed E-state index contributed by atoms with van der Waals surface area (Å²) < 4.78 is 0. The van der Waals surface area contributed by atoms with Gasteiger partial charge in [0.25, 0.3) is 0 Å². The Labute approximate surface area is 96.1 Å². The monoisotopic (exact) mass is 224 g/mol. The normalized spacial score (nSPS) is 16.3. The van der Waals surface area contributed by atoms with E-state index in [1.165, 1.54) is 25.7 Å². The Balaban J connectivity index is 1.66. The molecule has 0 spiro atoms. The van der Waals surface area contributed by atoms with E-state index in [2.05, 4.69) is 10.3 Å². The van der Waals surface area contributed by atoms with Crippen molar-refractivity contribution in [2.75, 3.05) is 6.54 Å². The zero-order chi connectivity index (χ0) is 10.5. The first-order valence-corrected chi connectivity index (χ1v) is 6.03. The molecule has 0 aliphatic heterocycles. The highest BCUT2D eigenvalue weighted by atomic mass is 35.5. The van der Waals surface area contributed by atoms with Crippen LogP contribution in [0.2, 0.25) is 5.02 Å². The van der Waals surface area contributed by atoms with Gasteiger partial charge in [0.2, 0.25) is 0 Å². The predicted molar refractivity (Wildman–Crippen MR) is 62.9 cm³/mol. The molecule has 1 aliphatic rings. The zero-order valence-corrected chi connectivity index (χ0v) is 9.63. The first kappa shape index (κ1) is 10.9. The van der Waals surface area contributed by atoms with Crippen molar-refractivity contribution in [1.82, 2.24) is 10.3 Å². The van der Waals surface area contributed by atoms with Crippen LogP contribution in [0.1, 0.15) is 31.2 Å². The fourth-order valence-electron chi connectivity index (χ4n) is 1.86. The fraction of sp³-hybridized carbons (Fsp3) is 0.583. The molecule has 0 unspecified atom stereocenters. The summed E-state index contributed by atoms with van der Waals surface area (Å²) in [6.45, 7) is 1.96. The minimum Gasteiger partial charge on any atom is -0.313 e. The maximum absolute atomic E-state index is 6.00. The summed E-state index contributed by atoms with van der Waals surface area (Å²) >= 11 is 6.00. The predicted octanol–water partition coefficient (Wildman–Crippen LogP) is 3.01. The molecule has 1 aromatic heterocycles. The van der Waals surface area contributed by atoms with Gasteiger partial charge in [0.15, 0.2) is 0 Å². The van der Waals surface area contributed by atoms with Crippen LogP contribution in [0.15, 0.2) is 18.5 Å². The Morgan fingerprint density at radius 3 is 3.00 bits per heavy atom. The lowest BCUT2D eigenvalue weighted by atomic mass is 9.83. The molecule has 2 rings (SSSR count). The molecule has 1 N–H and O–H groups in total. The van der Waals surface area contributed by atoms with E-state index < -0.39 is 0 Å².